The Hall–Kier alpha value is -1.26. The summed E-state index contributed by atoms with van der Waals surface area (Å²) in [4.78, 5) is 11.9. The molecule has 0 aliphatic carbocycles. The van der Waals surface area contributed by atoms with Crippen LogP contribution in [0.15, 0.2) is 18.2 Å². The molecule has 0 bridgehead atoms. The Kier molecular flexibility index (Phi) is 7.41. The molecule has 4 nitrogen and oxygen atoms in total. The van der Waals surface area contributed by atoms with Gasteiger partial charge in [-0.2, -0.15) is 0 Å². The molecule has 0 saturated carbocycles. The molecule has 5 heteroatoms. The number of carbonyl (C=O) groups excluding carboxylic acids is 1. The van der Waals surface area contributed by atoms with Crippen LogP contribution in [0.4, 0.5) is 0 Å². The molecule has 1 aromatic rings. The predicted molar refractivity (Wildman–Crippen MR) is 80.2 cm³/mol. The van der Waals surface area contributed by atoms with Crippen molar-refractivity contribution in [3.8, 4) is 5.75 Å². The van der Waals surface area contributed by atoms with Gasteiger partial charge in [0.15, 0.2) is 6.10 Å². The number of para-hydroxylation sites is 1. The van der Waals surface area contributed by atoms with Crippen molar-refractivity contribution < 1.29 is 14.3 Å². The summed E-state index contributed by atoms with van der Waals surface area (Å²) in [7, 11) is 0. The standard InChI is InChI=1S/C15H22ClNO3/c1-3-6-13(15(18)19-4-2)20-14-11(9-10-17)7-5-8-12(14)16/h5,7-8,13H,3-4,6,9-10,17H2,1-2H3. The lowest BCUT2D eigenvalue weighted by molar-refractivity contribution is -0.151. The van der Waals surface area contributed by atoms with E-state index < -0.39 is 6.10 Å². The molecule has 2 N–H and O–H groups in total. The van der Waals surface area contributed by atoms with Gasteiger partial charge in [0, 0.05) is 0 Å². The van der Waals surface area contributed by atoms with Crippen molar-refractivity contribution in [3.05, 3.63) is 28.8 Å². The fourth-order valence-electron chi connectivity index (χ4n) is 1.90. The lowest BCUT2D eigenvalue weighted by Gasteiger charge is -2.20. The summed E-state index contributed by atoms with van der Waals surface area (Å²) in [6.45, 7) is 4.59. The molecule has 20 heavy (non-hydrogen) atoms. The minimum atomic E-state index is -0.628. The highest BCUT2D eigenvalue weighted by atomic mass is 35.5. The van der Waals surface area contributed by atoms with E-state index in [2.05, 4.69) is 0 Å². The van der Waals surface area contributed by atoms with E-state index in [9.17, 15) is 4.79 Å². The zero-order valence-corrected chi connectivity index (χ0v) is 12.8. The van der Waals surface area contributed by atoms with Gasteiger partial charge < -0.3 is 15.2 Å². The SMILES string of the molecule is CCCC(Oc1c(Cl)cccc1CCN)C(=O)OCC. The van der Waals surface area contributed by atoms with Crippen LogP contribution in [0.5, 0.6) is 5.75 Å². The first-order valence-corrected chi connectivity index (χ1v) is 7.32. The normalized spacial score (nSPS) is 12.0. The van der Waals surface area contributed by atoms with Gasteiger partial charge in [-0.25, -0.2) is 4.79 Å². The number of benzene rings is 1. The Morgan fingerprint density at radius 2 is 2.15 bits per heavy atom. The molecule has 1 atom stereocenters. The van der Waals surface area contributed by atoms with E-state index in [4.69, 9.17) is 26.8 Å². The molecule has 0 heterocycles. The number of hydrogen-bond donors (Lipinski definition) is 1. The summed E-state index contributed by atoms with van der Waals surface area (Å²) in [5.74, 6) is 0.180. The van der Waals surface area contributed by atoms with Gasteiger partial charge in [0.1, 0.15) is 5.75 Å². The van der Waals surface area contributed by atoms with E-state index in [1.54, 1.807) is 13.0 Å². The van der Waals surface area contributed by atoms with Crippen molar-refractivity contribution in [1.82, 2.24) is 0 Å². The topological polar surface area (TPSA) is 61.5 Å². The molecular weight excluding hydrogens is 278 g/mol. The quantitative estimate of drug-likeness (QED) is 0.750. The van der Waals surface area contributed by atoms with Crippen molar-refractivity contribution in [2.75, 3.05) is 13.2 Å². The first-order valence-electron chi connectivity index (χ1n) is 6.94. The zero-order valence-electron chi connectivity index (χ0n) is 12.0. The Bertz CT molecular complexity index is 437. The maximum Gasteiger partial charge on any atom is 0.347 e. The Balaban J connectivity index is 2.94. The second kappa shape index (κ2) is 8.82. The van der Waals surface area contributed by atoms with Gasteiger partial charge in [0.25, 0.3) is 0 Å². The summed E-state index contributed by atoms with van der Waals surface area (Å²) < 4.78 is 10.9. The van der Waals surface area contributed by atoms with Crippen molar-refractivity contribution in [3.63, 3.8) is 0 Å². The maximum absolute atomic E-state index is 11.9. The maximum atomic E-state index is 11.9. The molecule has 0 spiro atoms. The second-order valence-corrected chi connectivity index (χ2v) is 4.82. The number of rotatable bonds is 8. The van der Waals surface area contributed by atoms with Gasteiger partial charge in [-0.05, 0) is 37.9 Å². The summed E-state index contributed by atoms with van der Waals surface area (Å²) in [5.41, 5.74) is 6.49. The third-order valence-electron chi connectivity index (χ3n) is 2.82. The molecule has 1 aromatic carbocycles. The van der Waals surface area contributed by atoms with Gasteiger partial charge >= 0.3 is 5.97 Å². The molecule has 0 aliphatic heterocycles. The third kappa shape index (κ3) is 4.69. The number of carbonyl (C=O) groups is 1. The van der Waals surface area contributed by atoms with E-state index in [-0.39, 0.29) is 5.97 Å². The van der Waals surface area contributed by atoms with Gasteiger partial charge in [0.2, 0.25) is 0 Å². The molecule has 0 aromatic heterocycles. The van der Waals surface area contributed by atoms with Gasteiger partial charge in [-0.15, -0.1) is 0 Å². The number of esters is 1. The molecule has 0 saturated heterocycles. The highest BCUT2D eigenvalue weighted by molar-refractivity contribution is 6.32. The number of nitrogens with two attached hydrogens (primary N) is 1. The Morgan fingerprint density at radius 1 is 1.40 bits per heavy atom. The van der Waals surface area contributed by atoms with E-state index in [0.717, 1.165) is 12.0 Å². The highest BCUT2D eigenvalue weighted by Gasteiger charge is 2.23. The predicted octanol–water partition coefficient (Wildman–Crippen LogP) is 2.95. The average Bonchev–Trinajstić information content (AvgIpc) is 2.42. The van der Waals surface area contributed by atoms with Crippen LogP contribution in [0.2, 0.25) is 5.02 Å². The summed E-state index contributed by atoms with van der Waals surface area (Å²) in [6, 6.07) is 5.49. The van der Waals surface area contributed by atoms with E-state index in [1.165, 1.54) is 0 Å². The van der Waals surface area contributed by atoms with Crippen LogP contribution in [-0.2, 0) is 16.0 Å². The summed E-state index contributed by atoms with van der Waals surface area (Å²) in [5, 5.41) is 0.487. The number of halogens is 1. The van der Waals surface area contributed by atoms with Crippen molar-refractivity contribution >= 4 is 17.6 Å². The molecule has 0 fully saturated rings. The van der Waals surface area contributed by atoms with Crippen LogP contribution in [0, 0.1) is 0 Å². The molecule has 1 unspecified atom stereocenters. The first-order chi connectivity index (χ1) is 9.63. The van der Waals surface area contributed by atoms with Crippen molar-refractivity contribution in [2.24, 2.45) is 5.73 Å². The fourth-order valence-corrected chi connectivity index (χ4v) is 2.14. The van der Waals surface area contributed by atoms with Crippen LogP contribution in [-0.4, -0.2) is 25.2 Å². The van der Waals surface area contributed by atoms with Crippen LogP contribution >= 0.6 is 11.6 Å². The molecule has 0 amide bonds. The van der Waals surface area contributed by atoms with Gasteiger partial charge in [-0.3, -0.25) is 0 Å². The van der Waals surface area contributed by atoms with E-state index >= 15 is 0 Å². The lowest BCUT2D eigenvalue weighted by Crippen LogP contribution is -2.30. The monoisotopic (exact) mass is 299 g/mol. The van der Waals surface area contributed by atoms with Crippen molar-refractivity contribution in [1.29, 1.82) is 0 Å². The second-order valence-electron chi connectivity index (χ2n) is 4.41. The van der Waals surface area contributed by atoms with Crippen LogP contribution in [0.3, 0.4) is 0 Å². The summed E-state index contributed by atoms with van der Waals surface area (Å²) >= 11 is 6.17. The minimum absolute atomic E-state index is 0.334. The first kappa shape index (κ1) is 16.8. The van der Waals surface area contributed by atoms with Crippen molar-refractivity contribution in [2.45, 2.75) is 39.2 Å². The minimum Gasteiger partial charge on any atom is -0.477 e. The molecule has 0 aliphatic rings. The number of ether oxygens (including phenoxy) is 2. The van der Waals surface area contributed by atoms with E-state index in [1.807, 2.05) is 19.1 Å². The largest absolute Gasteiger partial charge is 0.477 e. The fraction of sp³-hybridized carbons (Fsp3) is 0.533. The van der Waals surface area contributed by atoms with Gasteiger partial charge in [-0.1, -0.05) is 37.1 Å². The lowest BCUT2D eigenvalue weighted by atomic mass is 10.1. The number of hydrogen-bond acceptors (Lipinski definition) is 4. The molecule has 1 rings (SSSR count). The Labute approximate surface area is 125 Å². The zero-order chi connectivity index (χ0) is 15.0. The molecule has 0 radical (unpaired) electrons. The van der Waals surface area contributed by atoms with Gasteiger partial charge in [0.05, 0.1) is 11.6 Å². The van der Waals surface area contributed by atoms with Crippen LogP contribution < -0.4 is 10.5 Å². The van der Waals surface area contributed by atoms with Crippen LogP contribution in [0.1, 0.15) is 32.3 Å². The third-order valence-corrected chi connectivity index (χ3v) is 3.12. The summed E-state index contributed by atoms with van der Waals surface area (Å²) in [6.07, 6.45) is 1.43. The average molecular weight is 300 g/mol. The van der Waals surface area contributed by atoms with E-state index in [0.29, 0.717) is 36.8 Å². The molecule has 112 valence electrons. The molecular formula is C15H22ClNO3. The Morgan fingerprint density at radius 3 is 2.75 bits per heavy atom. The smallest absolute Gasteiger partial charge is 0.347 e. The van der Waals surface area contributed by atoms with Crippen LogP contribution in [0.25, 0.3) is 0 Å². The highest BCUT2D eigenvalue weighted by Crippen LogP contribution is 2.30.